The van der Waals surface area contributed by atoms with Crippen LogP contribution in [0.2, 0.25) is 0 Å². The SMILES string of the molecule is COc1ccc(C(C)(NC(=O)O)c2c(C)noc2-c2ccc(Br)cc2)cc1. The van der Waals surface area contributed by atoms with E-state index in [9.17, 15) is 9.90 Å². The van der Waals surface area contributed by atoms with Crippen LogP contribution in [0.25, 0.3) is 11.3 Å². The van der Waals surface area contributed by atoms with E-state index < -0.39 is 11.6 Å². The number of rotatable bonds is 5. The van der Waals surface area contributed by atoms with Crippen molar-refractivity contribution in [2.24, 2.45) is 0 Å². The molecule has 0 bridgehead atoms. The molecule has 2 N–H and O–H groups in total. The standard InChI is InChI=1S/C20H19BrN2O4/c1-12-17(18(27-23-12)13-4-8-15(21)9-5-13)20(2,22-19(24)25)14-6-10-16(26-3)11-7-14/h4-11,22H,1-3H3,(H,24,25). The molecule has 3 rings (SSSR count). The molecule has 140 valence electrons. The predicted octanol–water partition coefficient (Wildman–Crippen LogP) is 4.95. The molecule has 0 aliphatic rings. The predicted molar refractivity (Wildman–Crippen MR) is 105 cm³/mol. The van der Waals surface area contributed by atoms with E-state index in [-0.39, 0.29) is 0 Å². The second-order valence-corrected chi connectivity index (χ2v) is 7.18. The summed E-state index contributed by atoms with van der Waals surface area (Å²) in [6.07, 6.45) is -1.14. The van der Waals surface area contributed by atoms with Gasteiger partial charge in [0.1, 0.15) is 5.75 Å². The molecule has 1 aromatic heterocycles. The van der Waals surface area contributed by atoms with Gasteiger partial charge in [-0.2, -0.15) is 0 Å². The molecule has 2 aromatic carbocycles. The maximum absolute atomic E-state index is 11.6. The third kappa shape index (κ3) is 3.68. The fraction of sp³-hybridized carbons (Fsp3) is 0.200. The highest BCUT2D eigenvalue weighted by Gasteiger charge is 2.38. The Kier molecular flexibility index (Phi) is 5.23. The quantitative estimate of drug-likeness (QED) is 0.597. The molecule has 0 fully saturated rings. The molecule has 0 aliphatic heterocycles. The minimum Gasteiger partial charge on any atom is -0.497 e. The normalized spacial score (nSPS) is 13.0. The minimum absolute atomic E-state index is 0.520. The summed E-state index contributed by atoms with van der Waals surface area (Å²) in [6, 6.07) is 14.8. The molecule has 1 atom stereocenters. The molecule has 0 aliphatic carbocycles. The van der Waals surface area contributed by atoms with Crippen molar-refractivity contribution in [2.45, 2.75) is 19.4 Å². The fourth-order valence-electron chi connectivity index (χ4n) is 3.17. The molecule has 1 amide bonds. The number of hydrogen-bond donors (Lipinski definition) is 2. The van der Waals surface area contributed by atoms with E-state index in [0.29, 0.717) is 22.8 Å². The monoisotopic (exact) mass is 430 g/mol. The molecular formula is C20H19BrN2O4. The molecular weight excluding hydrogens is 412 g/mol. The first-order valence-electron chi connectivity index (χ1n) is 8.23. The molecule has 0 saturated carbocycles. The summed E-state index contributed by atoms with van der Waals surface area (Å²) >= 11 is 3.42. The Balaban J connectivity index is 2.19. The molecule has 0 spiro atoms. The van der Waals surface area contributed by atoms with Gasteiger partial charge in [0.25, 0.3) is 0 Å². The number of aryl methyl sites for hydroxylation is 1. The zero-order chi connectivity index (χ0) is 19.6. The molecule has 27 heavy (non-hydrogen) atoms. The van der Waals surface area contributed by atoms with E-state index in [1.165, 1.54) is 0 Å². The van der Waals surface area contributed by atoms with Gasteiger partial charge in [0.05, 0.1) is 23.9 Å². The third-order valence-electron chi connectivity index (χ3n) is 4.49. The molecule has 7 heteroatoms. The topological polar surface area (TPSA) is 84.6 Å². The van der Waals surface area contributed by atoms with Crippen molar-refractivity contribution < 1.29 is 19.2 Å². The molecule has 0 radical (unpaired) electrons. The lowest BCUT2D eigenvalue weighted by molar-refractivity contribution is 0.184. The first-order valence-corrected chi connectivity index (χ1v) is 9.03. The highest BCUT2D eigenvalue weighted by atomic mass is 79.9. The maximum Gasteiger partial charge on any atom is 0.405 e. The average Bonchev–Trinajstić information content (AvgIpc) is 3.04. The largest absolute Gasteiger partial charge is 0.497 e. The van der Waals surface area contributed by atoms with Crippen LogP contribution >= 0.6 is 15.9 Å². The molecule has 0 saturated heterocycles. The van der Waals surface area contributed by atoms with Gasteiger partial charge in [0.15, 0.2) is 5.76 Å². The summed E-state index contributed by atoms with van der Waals surface area (Å²) in [4.78, 5) is 11.6. The van der Waals surface area contributed by atoms with Gasteiger partial charge in [-0.05, 0) is 43.7 Å². The van der Waals surface area contributed by atoms with Crippen LogP contribution in [-0.2, 0) is 5.54 Å². The first kappa shape index (κ1) is 19.0. The van der Waals surface area contributed by atoms with Gasteiger partial charge in [0, 0.05) is 10.0 Å². The van der Waals surface area contributed by atoms with Gasteiger partial charge in [-0.15, -0.1) is 0 Å². The summed E-state index contributed by atoms with van der Waals surface area (Å²) in [7, 11) is 1.58. The van der Waals surface area contributed by atoms with E-state index in [4.69, 9.17) is 9.26 Å². The summed E-state index contributed by atoms with van der Waals surface area (Å²) in [5.41, 5.74) is 1.76. The van der Waals surface area contributed by atoms with Crippen molar-refractivity contribution in [1.29, 1.82) is 0 Å². The van der Waals surface area contributed by atoms with Gasteiger partial charge in [-0.1, -0.05) is 45.4 Å². The third-order valence-corrected chi connectivity index (χ3v) is 5.02. The number of methoxy groups -OCH3 is 1. The van der Waals surface area contributed by atoms with Crippen LogP contribution in [0.5, 0.6) is 5.75 Å². The lowest BCUT2D eigenvalue weighted by Crippen LogP contribution is -2.44. The Morgan fingerprint density at radius 2 is 1.81 bits per heavy atom. The summed E-state index contributed by atoms with van der Waals surface area (Å²) in [5, 5.41) is 16.3. The van der Waals surface area contributed by atoms with Crippen molar-refractivity contribution in [2.75, 3.05) is 7.11 Å². The summed E-state index contributed by atoms with van der Waals surface area (Å²) in [5.74, 6) is 1.21. The van der Waals surface area contributed by atoms with Gasteiger partial charge in [-0.3, -0.25) is 0 Å². The number of halogens is 1. The Labute approximate surface area is 165 Å². The highest BCUT2D eigenvalue weighted by Crippen LogP contribution is 2.39. The smallest absolute Gasteiger partial charge is 0.405 e. The number of amides is 1. The van der Waals surface area contributed by atoms with Crippen molar-refractivity contribution in [3.8, 4) is 17.1 Å². The van der Waals surface area contributed by atoms with Gasteiger partial charge < -0.3 is 19.7 Å². The lowest BCUT2D eigenvalue weighted by atomic mass is 9.82. The lowest BCUT2D eigenvalue weighted by Gasteiger charge is -2.30. The van der Waals surface area contributed by atoms with Crippen LogP contribution in [0, 0.1) is 6.92 Å². The summed E-state index contributed by atoms with van der Waals surface area (Å²) in [6.45, 7) is 3.59. The van der Waals surface area contributed by atoms with Crippen LogP contribution < -0.4 is 10.1 Å². The first-order chi connectivity index (χ1) is 12.8. The Morgan fingerprint density at radius 3 is 2.37 bits per heavy atom. The second kappa shape index (κ2) is 7.44. The van der Waals surface area contributed by atoms with Crippen LogP contribution in [0.1, 0.15) is 23.7 Å². The van der Waals surface area contributed by atoms with E-state index >= 15 is 0 Å². The number of carboxylic acid groups (broad SMARTS) is 1. The molecule has 6 nitrogen and oxygen atoms in total. The number of carbonyl (C=O) groups is 1. The zero-order valence-electron chi connectivity index (χ0n) is 15.1. The van der Waals surface area contributed by atoms with Crippen LogP contribution in [-0.4, -0.2) is 23.5 Å². The van der Waals surface area contributed by atoms with Gasteiger partial charge in [0.2, 0.25) is 0 Å². The number of benzene rings is 2. The number of hydrogen-bond acceptors (Lipinski definition) is 4. The molecule has 1 unspecified atom stereocenters. The van der Waals surface area contributed by atoms with Crippen molar-refractivity contribution in [3.05, 3.63) is 69.8 Å². The number of nitrogens with one attached hydrogen (secondary N) is 1. The highest BCUT2D eigenvalue weighted by molar-refractivity contribution is 9.10. The van der Waals surface area contributed by atoms with E-state index in [2.05, 4.69) is 26.4 Å². The van der Waals surface area contributed by atoms with Gasteiger partial charge in [-0.25, -0.2) is 4.79 Å². The van der Waals surface area contributed by atoms with Gasteiger partial charge >= 0.3 is 6.09 Å². The number of ether oxygens (including phenoxy) is 1. The second-order valence-electron chi connectivity index (χ2n) is 6.26. The maximum atomic E-state index is 11.6. The number of nitrogens with zero attached hydrogens (tertiary/aromatic N) is 1. The van der Waals surface area contributed by atoms with E-state index in [0.717, 1.165) is 15.6 Å². The van der Waals surface area contributed by atoms with Crippen molar-refractivity contribution >= 4 is 22.0 Å². The Hall–Kier alpha value is -2.80. The van der Waals surface area contributed by atoms with Crippen molar-refractivity contribution in [3.63, 3.8) is 0 Å². The molecule has 3 aromatic rings. The Bertz CT molecular complexity index is 951. The molecule has 1 heterocycles. The van der Waals surface area contributed by atoms with Crippen LogP contribution in [0.4, 0.5) is 4.79 Å². The van der Waals surface area contributed by atoms with E-state index in [1.54, 1.807) is 33.1 Å². The fourth-order valence-corrected chi connectivity index (χ4v) is 3.44. The Morgan fingerprint density at radius 1 is 1.19 bits per heavy atom. The minimum atomic E-state index is -1.14. The zero-order valence-corrected chi connectivity index (χ0v) is 16.7. The summed E-state index contributed by atoms with van der Waals surface area (Å²) < 4.78 is 11.7. The number of aromatic nitrogens is 1. The van der Waals surface area contributed by atoms with Crippen LogP contribution in [0.3, 0.4) is 0 Å². The average molecular weight is 431 g/mol. The van der Waals surface area contributed by atoms with Crippen LogP contribution in [0.15, 0.2) is 57.5 Å². The van der Waals surface area contributed by atoms with Crippen molar-refractivity contribution in [1.82, 2.24) is 10.5 Å². The van der Waals surface area contributed by atoms with E-state index in [1.807, 2.05) is 36.4 Å².